The van der Waals surface area contributed by atoms with Gasteiger partial charge in [-0.3, -0.25) is 9.36 Å². The number of hydrogen-bond acceptors (Lipinski definition) is 4. The molecule has 1 aromatic rings. The van der Waals surface area contributed by atoms with Crippen LogP contribution in [0.4, 0.5) is 5.69 Å². The summed E-state index contributed by atoms with van der Waals surface area (Å²) in [4.78, 5) is 22.9. The van der Waals surface area contributed by atoms with E-state index in [0.717, 1.165) is 4.57 Å². The van der Waals surface area contributed by atoms with E-state index >= 15 is 0 Å². The van der Waals surface area contributed by atoms with Crippen molar-refractivity contribution in [1.82, 2.24) is 4.57 Å². The first-order chi connectivity index (χ1) is 7.56. The molecule has 0 aromatic carbocycles. The van der Waals surface area contributed by atoms with E-state index in [0.29, 0.717) is 18.5 Å². The quantitative estimate of drug-likeness (QED) is 0.666. The molecule has 0 fully saturated rings. The van der Waals surface area contributed by atoms with Gasteiger partial charge in [-0.1, -0.05) is 0 Å². The number of rotatable bonds is 2. The van der Waals surface area contributed by atoms with Crippen molar-refractivity contribution in [3.05, 3.63) is 22.1 Å². The van der Waals surface area contributed by atoms with E-state index in [1.165, 1.54) is 6.07 Å². The number of pyridine rings is 1. The van der Waals surface area contributed by atoms with Crippen molar-refractivity contribution in [3.63, 3.8) is 0 Å². The summed E-state index contributed by atoms with van der Waals surface area (Å²) in [5.41, 5.74) is 0.200. The van der Waals surface area contributed by atoms with Crippen LogP contribution in [0.15, 0.2) is 10.9 Å². The minimum Gasteiger partial charge on any atom is -0.506 e. The minimum atomic E-state index is -1.05. The first-order valence-electron chi connectivity index (χ1n) is 4.94. The van der Waals surface area contributed by atoms with Crippen molar-refractivity contribution in [2.45, 2.75) is 18.9 Å². The highest BCUT2D eigenvalue weighted by Gasteiger charge is 2.31. The molecule has 86 valence electrons. The smallest absolute Gasteiger partial charge is 0.326 e. The van der Waals surface area contributed by atoms with Crippen LogP contribution in [0.1, 0.15) is 18.2 Å². The summed E-state index contributed by atoms with van der Waals surface area (Å²) in [6.07, 6.45) is 0.743. The molecule has 6 heteroatoms. The van der Waals surface area contributed by atoms with Gasteiger partial charge in [-0.25, -0.2) is 4.79 Å². The van der Waals surface area contributed by atoms with E-state index < -0.39 is 17.6 Å². The molecule has 16 heavy (non-hydrogen) atoms. The van der Waals surface area contributed by atoms with Crippen molar-refractivity contribution in [2.24, 2.45) is 0 Å². The number of anilines is 1. The molecule has 1 aliphatic rings. The topological polar surface area (TPSA) is 91.6 Å². The number of nitrogens with zero attached hydrogens (tertiary/aromatic N) is 1. The second kappa shape index (κ2) is 3.55. The molecule has 2 rings (SSSR count). The molecule has 0 bridgehead atoms. The largest absolute Gasteiger partial charge is 0.506 e. The van der Waals surface area contributed by atoms with Gasteiger partial charge in [0.1, 0.15) is 17.5 Å². The van der Waals surface area contributed by atoms with Crippen LogP contribution in [0.25, 0.3) is 0 Å². The van der Waals surface area contributed by atoms with Crippen LogP contribution in [0.5, 0.6) is 5.75 Å². The Morgan fingerprint density at radius 3 is 2.88 bits per heavy atom. The lowest BCUT2D eigenvalue weighted by molar-refractivity contribution is -0.140. The predicted molar refractivity (Wildman–Crippen MR) is 56.9 cm³/mol. The second-order valence-corrected chi connectivity index (χ2v) is 3.71. The zero-order valence-electron chi connectivity index (χ0n) is 8.73. The maximum Gasteiger partial charge on any atom is 0.326 e. The zero-order valence-corrected chi connectivity index (χ0v) is 8.73. The molecular weight excluding hydrogens is 212 g/mol. The van der Waals surface area contributed by atoms with Crippen LogP contribution in [-0.2, 0) is 11.2 Å². The summed E-state index contributed by atoms with van der Waals surface area (Å²) < 4.78 is 1.16. The molecule has 6 nitrogen and oxygen atoms in total. The molecular formula is C10H12N2O4. The van der Waals surface area contributed by atoms with Crippen LogP contribution in [0.2, 0.25) is 0 Å². The van der Waals surface area contributed by atoms with E-state index in [9.17, 15) is 14.7 Å². The summed E-state index contributed by atoms with van der Waals surface area (Å²) in [5.74, 6) is -1.08. The maximum absolute atomic E-state index is 11.9. The third-order valence-corrected chi connectivity index (χ3v) is 2.84. The summed E-state index contributed by atoms with van der Waals surface area (Å²) in [5, 5.41) is 21.3. The Labute approximate surface area is 91.1 Å². The van der Waals surface area contributed by atoms with E-state index in [4.69, 9.17) is 5.11 Å². The van der Waals surface area contributed by atoms with Gasteiger partial charge < -0.3 is 15.5 Å². The molecule has 1 aliphatic heterocycles. The number of aromatic nitrogens is 1. The molecule has 0 radical (unpaired) electrons. The SMILES string of the molecule is CNc1cc(O)c2n(c1=O)C(C(=O)O)CC2. The van der Waals surface area contributed by atoms with Crippen molar-refractivity contribution in [3.8, 4) is 5.75 Å². The molecule has 0 amide bonds. The van der Waals surface area contributed by atoms with E-state index in [1.807, 2.05) is 0 Å². The van der Waals surface area contributed by atoms with Gasteiger partial charge in [0.05, 0.1) is 5.69 Å². The first-order valence-corrected chi connectivity index (χ1v) is 4.94. The van der Waals surface area contributed by atoms with Gasteiger partial charge in [0, 0.05) is 13.1 Å². The lowest BCUT2D eigenvalue weighted by Crippen LogP contribution is -2.29. The lowest BCUT2D eigenvalue weighted by atomic mass is 10.2. The number of hydrogen-bond donors (Lipinski definition) is 3. The number of aromatic hydroxyl groups is 1. The second-order valence-electron chi connectivity index (χ2n) is 3.71. The van der Waals surface area contributed by atoms with Crippen molar-refractivity contribution >= 4 is 11.7 Å². The van der Waals surface area contributed by atoms with Crippen LogP contribution in [-0.4, -0.2) is 27.8 Å². The first kappa shape index (κ1) is 10.5. The number of nitrogens with one attached hydrogen (secondary N) is 1. The van der Waals surface area contributed by atoms with E-state index in [2.05, 4.69) is 5.32 Å². The summed E-state index contributed by atoms with van der Waals surface area (Å²) in [6, 6.07) is 0.458. The molecule has 2 heterocycles. The van der Waals surface area contributed by atoms with Gasteiger partial charge in [-0.2, -0.15) is 0 Å². The van der Waals surface area contributed by atoms with Crippen LogP contribution in [0.3, 0.4) is 0 Å². The Bertz CT molecular complexity index is 506. The highest BCUT2D eigenvalue weighted by molar-refractivity contribution is 5.73. The molecule has 1 unspecified atom stereocenters. The predicted octanol–water partition coefficient (Wildman–Crippen LogP) is 0.167. The lowest BCUT2D eigenvalue weighted by Gasteiger charge is -2.12. The minimum absolute atomic E-state index is 0.0345. The van der Waals surface area contributed by atoms with Crippen LogP contribution < -0.4 is 10.9 Å². The van der Waals surface area contributed by atoms with Gasteiger partial charge in [-0.05, 0) is 12.8 Å². The monoisotopic (exact) mass is 224 g/mol. The van der Waals surface area contributed by atoms with Crippen LogP contribution in [0, 0.1) is 0 Å². The van der Waals surface area contributed by atoms with E-state index in [1.54, 1.807) is 7.05 Å². The molecule has 0 saturated carbocycles. The Morgan fingerprint density at radius 2 is 2.31 bits per heavy atom. The number of carboxylic acid groups (broad SMARTS) is 1. The van der Waals surface area contributed by atoms with Gasteiger partial charge in [0.2, 0.25) is 0 Å². The highest BCUT2D eigenvalue weighted by atomic mass is 16.4. The average Bonchev–Trinajstić information content (AvgIpc) is 2.68. The Hall–Kier alpha value is -1.98. The highest BCUT2D eigenvalue weighted by Crippen LogP contribution is 2.31. The molecule has 0 aliphatic carbocycles. The fraction of sp³-hybridized carbons (Fsp3) is 0.400. The third kappa shape index (κ3) is 1.34. The van der Waals surface area contributed by atoms with Gasteiger partial charge in [-0.15, -0.1) is 0 Å². The molecule has 1 atom stereocenters. The van der Waals surface area contributed by atoms with E-state index in [-0.39, 0.29) is 11.4 Å². The van der Waals surface area contributed by atoms with Gasteiger partial charge in [0.25, 0.3) is 5.56 Å². The molecule has 0 saturated heterocycles. The number of fused-ring (bicyclic) bond motifs is 1. The Morgan fingerprint density at radius 1 is 1.62 bits per heavy atom. The fourth-order valence-electron chi connectivity index (χ4n) is 2.05. The Balaban J connectivity index is 2.69. The van der Waals surface area contributed by atoms with Gasteiger partial charge >= 0.3 is 5.97 Å². The maximum atomic E-state index is 11.9. The zero-order chi connectivity index (χ0) is 11.9. The Kier molecular flexibility index (Phi) is 2.34. The number of carbonyl (C=O) groups is 1. The standard InChI is InChI=1S/C10H12N2O4/c1-11-5-4-8(13)6-2-3-7(10(15)16)12(6)9(5)14/h4,7,11,13H,2-3H2,1H3,(H,15,16). The van der Waals surface area contributed by atoms with Crippen molar-refractivity contribution in [1.29, 1.82) is 0 Å². The average molecular weight is 224 g/mol. The fourth-order valence-corrected chi connectivity index (χ4v) is 2.05. The molecule has 1 aromatic heterocycles. The number of aliphatic carboxylic acids is 1. The van der Waals surface area contributed by atoms with Gasteiger partial charge in [0.15, 0.2) is 0 Å². The summed E-state index contributed by atoms with van der Waals surface area (Å²) >= 11 is 0. The third-order valence-electron chi connectivity index (χ3n) is 2.84. The normalized spacial score (nSPS) is 18.2. The molecule has 3 N–H and O–H groups in total. The summed E-state index contributed by atoms with van der Waals surface area (Å²) in [6.45, 7) is 0. The summed E-state index contributed by atoms with van der Waals surface area (Å²) in [7, 11) is 1.55. The van der Waals surface area contributed by atoms with Crippen molar-refractivity contribution < 1.29 is 15.0 Å². The van der Waals surface area contributed by atoms with Crippen molar-refractivity contribution in [2.75, 3.05) is 12.4 Å². The van der Waals surface area contributed by atoms with Crippen LogP contribution >= 0.6 is 0 Å². The molecule has 0 spiro atoms. The number of carboxylic acids is 1.